The average Bonchev–Trinajstić information content (AvgIpc) is 2.96. The van der Waals surface area contributed by atoms with Crippen LogP contribution in [0.4, 0.5) is 0 Å². The van der Waals surface area contributed by atoms with Crippen molar-refractivity contribution in [3.63, 3.8) is 0 Å². The van der Waals surface area contributed by atoms with E-state index in [2.05, 4.69) is 24.1 Å². The zero-order valence-corrected chi connectivity index (χ0v) is 12.4. The van der Waals surface area contributed by atoms with E-state index in [-0.39, 0.29) is 5.91 Å². The molecule has 0 atom stereocenters. The van der Waals surface area contributed by atoms with Crippen molar-refractivity contribution in [2.45, 2.75) is 20.4 Å². The van der Waals surface area contributed by atoms with Gasteiger partial charge < -0.3 is 10.1 Å². The number of benzene rings is 1. The molecule has 0 radical (unpaired) electrons. The van der Waals surface area contributed by atoms with Gasteiger partial charge >= 0.3 is 0 Å². The smallest absolute Gasteiger partial charge is 0.251 e. The van der Waals surface area contributed by atoms with Gasteiger partial charge in [0.25, 0.3) is 5.91 Å². The van der Waals surface area contributed by atoms with Crippen LogP contribution in [-0.2, 0) is 6.54 Å². The van der Waals surface area contributed by atoms with Crippen LogP contribution in [0.3, 0.4) is 0 Å². The van der Waals surface area contributed by atoms with Gasteiger partial charge in [0.05, 0.1) is 13.2 Å². The zero-order valence-electron chi connectivity index (χ0n) is 11.6. The molecule has 0 spiro atoms. The zero-order chi connectivity index (χ0) is 14.4. The predicted octanol–water partition coefficient (Wildman–Crippen LogP) is 3.11. The van der Waals surface area contributed by atoms with Gasteiger partial charge in [-0.05, 0) is 24.1 Å². The molecule has 0 saturated heterocycles. The molecule has 0 aliphatic rings. The van der Waals surface area contributed by atoms with Crippen molar-refractivity contribution in [2.75, 3.05) is 6.61 Å². The van der Waals surface area contributed by atoms with Gasteiger partial charge in [-0.25, -0.2) is 4.98 Å². The van der Waals surface area contributed by atoms with Crippen LogP contribution in [0.1, 0.15) is 29.2 Å². The molecule has 2 rings (SSSR count). The molecule has 1 N–H and O–H groups in total. The fourth-order valence-electron chi connectivity index (χ4n) is 1.59. The molecule has 106 valence electrons. The van der Waals surface area contributed by atoms with Crippen molar-refractivity contribution < 1.29 is 9.53 Å². The van der Waals surface area contributed by atoms with Gasteiger partial charge in [0.2, 0.25) is 0 Å². The molecule has 1 aromatic carbocycles. The molecule has 20 heavy (non-hydrogen) atoms. The second-order valence-corrected chi connectivity index (χ2v) is 5.82. The van der Waals surface area contributed by atoms with Crippen LogP contribution in [0.2, 0.25) is 0 Å². The Bertz CT molecular complexity index is 553. The molecule has 5 heteroatoms. The lowest BCUT2D eigenvalue weighted by Crippen LogP contribution is -2.22. The van der Waals surface area contributed by atoms with Crippen molar-refractivity contribution in [3.8, 4) is 5.75 Å². The minimum Gasteiger partial charge on any atom is -0.493 e. The first kappa shape index (κ1) is 14.5. The Morgan fingerprint density at radius 1 is 1.45 bits per heavy atom. The Labute approximate surface area is 122 Å². The quantitative estimate of drug-likeness (QED) is 0.889. The van der Waals surface area contributed by atoms with E-state index in [1.165, 1.54) is 11.3 Å². The maximum atomic E-state index is 12.0. The predicted molar refractivity (Wildman–Crippen MR) is 80.1 cm³/mol. The fraction of sp³-hybridized carbons (Fsp3) is 0.333. The summed E-state index contributed by atoms with van der Waals surface area (Å²) in [4.78, 5) is 16.2. The summed E-state index contributed by atoms with van der Waals surface area (Å²) in [7, 11) is 0. The topological polar surface area (TPSA) is 51.2 Å². The SMILES string of the molecule is CC(C)COc1cccc(C(=O)NCc2nccs2)c1. The molecule has 4 nitrogen and oxygen atoms in total. The van der Waals surface area contributed by atoms with E-state index in [1.807, 2.05) is 17.5 Å². The van der Waals surface area contributed by atoms with E-state index < -0.39 is 0 Å². The highest BCUT2D eigenvalue weighted by Gasteiger charge is 2.07. The number of nitrogens with one attached hydrogen (secondary N) is 1. The normalized spacial score (nSPS) is 10.6. The summed E-state index contributed by atoms with van der Waals surface area (Å²) in [5.41, 5.74) is 0.600. The first-order chi connectivity index (χ1) is 9.65. The Balaban J connectivity index is 1.93. The van der Waals surface area contributed by atoms with Crippen molar-refractivity contribution in [3.05, 3.63) is 46.4 Å². The Morgan fingerprint density at radius 3 is 3.00 bits per heavy atom. The summed E-state index contributed by atoms with van der Waals surface area (Å²) in [6, 6.07) is 7.23. The number of nitrogens with zero attached hydrogens (tertiary/aromatic N) is 1. The van der Waals surface area contributed by atoms with Crippen LogP contribution < -0.4 is 10.1 Å². The summed E-state index contributed by atoms with van der Waals surface area (Å²) in [6.07, 6.45) is 1.73. The number of ether oxygens (including phenoxy) is 1. The fourth-order valence-corrected chi connectivity index (χ4v) is 2.14. The van der Waals surface area contributed by atoms with Gasteiger partial charge in [-0.2, -0.15) is 0 Å². The first-order valence-corrected chi connectivity index (χ1v) is 7.42. The summed E-state index contributed by atoms with van der Waals surface area (Å²) in [5, 5.41) is 5.63. The number of amides is 1. The summed E-state index contributed by atoms with van der Waals surface area (Å²) in [5.74, 6) is 1.06. The highest BCUT2D eigenvalue weighted by Crippen LogP contribution is 2.14. The molecule has 0 unspecified atom stereocenters. The molecule has 0 aliphatic heterocycles. The molecular formula is C15H18N2O2S. The summed E-state index contributed by atoms with van der Waals surface area (Å²) in [6.45, 7) is 5.27. The van der Waals surface area contributed by atoms with Gasteiger partial charge in [0.15, 0.2) is 0 Å². The largest absolute Gasteiger partial charge is 0.493 e. The number of aromatic nitrogens is 1. The van der Waals surface area contributed by atoms with Gasteiger partial charge in [-0.1, -0.05) is 19.9 Å². The van der Waals surface area contributed by atoms with Crippen molar-refractivity contribution in [2.24, 2.45) is 5.92 Å². The monoisotopic (exact) mass is 290 g/mol. The van der Waals surface area contributed by atoms with Crippen molar-refractivity contribution >= 4 is 17.2 Å². The minimum atomic E-state index is -0.116. The lowest BCUT2D eigenvalue weighted by molar-refractivity contribution is 0.0950. The standard InChI is InChI=1S/C15H18N2O2S/c1-11(2)10-19-13-5-3-4-12(8-13)15(18)17-9-14-16-6-7-20-14/h3-8,11H,9-10H2,1-2H3,(H,17,18). The van der Waals surface area contributed by atoms with Crippen molar-refractivity contribution in [1.29, 1.82) is 0 Å². The number of hydrogen-bond donors (Lipinski definition) is 1. The number of hydrogen-bond acceptors (Lipinski definition) is 4. The first-order valence-electron chi connectivity index (χ1n) is 6.54. The summed E-state index contributed by atoms with van der Waals surface area (Å²) < 4.78 is 5.62. The molecular weight excluding hydrogens is 272 g/mol. The second kappa shape index (κ2) is 7.05. The summed E-state index contributed by atoms with van der Waals surface area (Å²) >= 11 is 1.52. The number of carbonyl (C=O) groups excluding carboxylic acids is 1. The molecule has 2 aromatic rings. The van der Waals surface area contributed by atoms with E-state index >= 15 is 0 Å². The van der Waals surface area contributed by atoms with E-state index in [4.69, 9.17) is 4.74 Å². The molecule has 1 heterocycles. The molecule has 0 bridgehead atoms. The highest BCUT2D eigenvalue weighted by atomic mass is 32.1. The molecule has 0 aliphatic carbocycles. The third-order valence-electron chi connectivity index (χ3n) is 2.56. The van der Waals surface area contributed by atoms with Crippen molar-refractivity contribution in [1.82, 2.24) is 10.3 Å². The van der Waals surface area contributed by atoms with Gasteiger partial charge in [0.1, 0.15) is 10.8 Å². The lowest BCUT2D eigenvalue weighted by atomic mass is 10.2. The third kappa shape index (κ3) is 4.35. The van der Waals surface area contributed by atoms with Crippen LogP contribution in [0.5, 0.6) is 5.75 Å². The van der Waals surface area contributed by atoms with E-state index in [1.54, 1.807) is 18.3 Å². The average molecular weight is 290 g/mol. The lowest BCUT2D eigenvalue weighted by Gasteiger charge is -2.10. The highest BCUT2D eigenvalue weighted by molar-refractivity contribution is 7.09. The molecule has 1 aromatic heterocycles. The van der Waals surface area contributed by atoms with Crippen LogP contribution in [0, 0.1) is 5.92 Å². The molecule has 0 saturated carbocycles. The number of carbonyl (C=O) groups is 1. The van der Waals surface area contributed by atoms with Gasteiger partial charge in [0, 0.05) is 17.1 Å². The maximum Gasteiger partial charge on any atom is 0.251 e. The van der Waals surface area contributed by atoms with E-state index in [0.717, 1.165) is 10.8 Å². The van der Waals surface area contributed by atoms with Crippen LogP contribution >= 0.6 is 11.3 Å². The maximum absolute atomic E-state index is 12.0. The van der Waals surface area contributed by atoms with E-state index in [9.17, 15) is 4.79 Å². The third-order valence-corrected chi connectivity index (χ3v) is 3.34. The van der Waals surface area contributed by atoms with Crippen LogP contribution in [0.25, 0.3) is 0 Å². The number of rotatable bonds is 6. The molecule has 0 fully saturated rings. The Hall–Kier alpha value is -1.88. The van der Waals surface area contributed by atoms with Gasteiger partial charge in [-0.15, -0.1) is 11.3 Å². The minimum absolute atomic E-state index is 0.116. The van der Waals surface area contributed by atoms with Crippen LogP contribution in [0.15, 0.2) is 35.8 Å². The van der Waals surface area contributed by atoms with Gasteiger partial charge in [-0.3, -0.25) is 4.79 Å². The number of thiazole rings is 1. The van der Waals surface area contributed by atoms with E-state index in [0.29, 0.717) is 24.6 Å². The second-order valence-electron chi connectivity index (χ2n) is 4.84. The van der Waals surface area contributed by atoms with Crippen LogP contribution in [-0.4, -0.2) is 17.5 Å². The molecule has 1 amide bonds. The Morgan fingerprint density at radius 2 is 2.30 bits per heavy atom. The Kier molecular flexibility index (Phi) is 5.12.